The number of carbonyl (C=O) groups is 2. The second kappa shape index (κ2) is 5.34. The van der Waals surface area contributed by atoms with Crippen LogP contribution in [0.3, 0.4) is 0 Å². The lowest BCUT2D eigenvalue weighted by Crippen LogP contribution is -2.07. The number of carbonyl (C=O) groups excluding carboxylic acids is 1. The van der Waals surface area contributed by atoms with Gasteiger partial charge in [-0.3, -0.25) is 4.79 Å². The molecule has 0 radical (unpaired) electrons. The van der Waals surface area contributed by atoms with Crippen molar-refractivity contribution in [2.24, 2.45) is 0 Å². The number of hydrogen-bond acceptors (Lipinski definition) is 4. The fourth-order valence-electron chi connectivity index (χ4n) is 1.86. The van der Waals surface area contributed by atoms with Crippen LogP contribution in [0.1, 0.15) is 38.5 Å². The third-order valence-electron chi connectivity index (χ3n) is 2.60. The van der Waals surface area contributed by atoms with Gasteiger partial charge in [0.2, 0.25) is 0 Å². The Hall–Kier alpha value is -1.63. The van der Waals surface area contributed by atoms with E-state index in [0.29, 0.717) is 17.5 Å². The average molecular weight is 273 g/mol. The molecule has 0 aliphatic carbocycles. The number of aromatic carboxylic acids is 1. The Bertz CT molecular complexity index is 570. The van der Waals surface area contributed by atoms with Gasteiger partial charge in [0.1, 0.15) is 9.84 Å². The van der Waals surface area contributed by atoms with Crippen LogP contribution < -0.4 is 0 Å². The van der Waals surface area contributed by atoms with Gasteiger partial charge in [0.25, 0.3) is 0 Å². The van der Waals surface area contributed by atoms with Crippen molar-refractivity contribution < 1.29 is 23.1 Å². The first-order valence-electron chi connectivity index (χ1n) is 5.34. The summed E-state index contributed by atoms with van der Waals surface area (Å²) in [6.07, 6.45) is 2.20. The Morgan fingerprint density at radius 1 is 1.44 bits per heavy atom. The number of H-pyrrole nitrogens is 1. The van der Waals surface area contributed by atoms with Gasteiger partial charge in [-0.2, -0.15) is 0 Å². The molecule has 0 saturated heterocycles. The second-order valence-corrected chi connectivity index (χ2v) is 6.43. The molecule has 1 rings (SSSR count). The van der Waals surface area contributed by atoms with E-state index >= 15 is 0 Å². The van der Waals surface area contributed by atoms with E-state index in [1.165, 1.54) is 0 Å². The number of carboxylic acids is 1. The highest BCUT2D eigenvalue weighted by molar-refractivity contribution is 7.90. The number of aromatic amines is 1. The second-order valence-electron chi connectivity index (χ2n) is 4.17. The Balaban J connectivity index is 2.99. The lowest BCUT2D eigenvalue weighted by molar-refractivity contribution is 0.0695. The maximum atomic E-state index is 11.1. The number of carboxylic acid groups (broad SMARTS) is 1. The van der Waals surface area contributed by atoms with Crippen molar-refractivity contribution in [1.29, 1.82) is 0 Å². The van der Waals surface area contributed by atoms with E-state index in [2.05, 4.69) is 4.98 Å². The summed E-state index contributed by atoms with van der Waals surface area (Å²) in [6, 6.07) is 0. The maximum Gasteiger partial charge on any atom is 0.337 e. The molecule has 0 unspecified atom stereocenters. The highest BCUT2D eigenvalue weighted by Gasteiger charge is 2.20. The average Bonchev–Trinajstić information content (AvgIpc) is 2.53. The van der Waals surface area contributed by atoms with E-state index in [-0.39, 0.29) is 29.9 Å². The molecule has 0 aromatic carbocycles. The molecular weight excluding hydrogens is 258 g/mol. The summed E-state index contributed by atoms with van der Waals surface area (Å²) in [5.74, 6) is -1.15. The zero-order valence-electron chi connectivity index (χ0n) is 10.2. The molecule has 1 aromatic heterocycles. The standard InChI is InChI=1S/C11H15NO5S/c1-7-10(11(14)15)8(9(6-13)12-7)4-3-5-18(2,16)17/h6,12H,3-5H2,1-2H3,(H,14,15). The van der Waals surface area contributed by atoms with Crippen LogP contribution in [-0.2, 0) is 16.3 Å². The topological polar surface area (TPSA) is 104 Å². The summed E-state index contributed by atoms with van der Waals surface area (Å²) in [5, 5.41) is 9.06. The van der Waals surface area contributed by atoms with E-state index in [1.807, 2.05) is 0 Å². The van der Waals surface area contributed by atoms with Crippen LogP contribution in [0.2, 0.25) is 0 Å². The van der Waals surface area contributed by atoms with Gasteiger partial charge in [0.15, 0.2) is 6.29 Å². The normalized spacial score (nSPS) is 11.4. The fraction of sp³-hybridized carbons (Fsp3) is 0.455. The van der Waals surface area contributed by atoms with Gasteiger partial charge in [-0.15, -0.1) is 0 Å². The van der Waals surface area contributed by atoms with Crippen LogP contribution in [0.25, 0.3) is 0 Å². The zero-order chi connectivity index (χ0) is 13.9. The molecule has 0 spiro atoms. The van der Waals surface area contributed by atoms with E-state index in [4.69, 9.17) is 5.11 Å². The van der Waals surface area contributed by atoms with Gasteiger partial charge in [-0.05, 0) is 25.3 Å². The summed E-state index contributed by atoms with van der Waals surface area (Å²) in [6.45, 7) is 1.57. The zero-order valence-corrected chi connectivity index (χ0v) is 11.0. The van der Waals surface area contributed by atoms with Crippen molar-refractivity contribution in [2.45, 2.75) is 19.8 Å². The number of rotatable bonds is 6. The molecule has 1 heterocycles. The summed E-state index contributed by atoms with van der Waals surface area (Å²) in [7, 11) is -3.09. The van der Waals surface area contributed by atoms with Gasteiger partial charge in [-0.25, -0.2) is 13.2 Å². The van der Waals surface area contributed by atoms with Crippen molar-refractivity contribution in [3.63, 3.8) is 0 Å². The van der Waals surface area contributed by atoms with E-state index in [0.717, 1.165) is 6.26 Å². The Morgan fingerprint density at radius 3 is 2.50 bits per heavy atom. The Labute approximate surface area is 105 Å². The van der Waals surface area contributed by atoms with Crippen molar-refractivity contribution in [3.05, 3.63) is 22.5 Å². The van der Waals surface area contributed by atoms with Crippen molar-refractivity contribution in [1.82, 2.24) is 4.98 Å². The minimum absolute atomic E-state index is 0.0332. The molecule has 0 bridgehead atoms. The molecule has 18 heavy (non-hydrogen) atoms. The first-order valence-corrected chi connectivity index (χ1v) is 7.40. The molecule has 0 fully saturated rings. The van der Waals surface area contributed by atoms with Gasteiger partial charge in [-0.1, -0.05) is 0 Å². The monoisotopic (exact) mass is 273 g/mol. The van der Waals surface area contributed by atoms with Crippen LogP contribution in [0.5, 0.6) is 0 Å². The van der Waals surface area contributed by atoms with Gasteiger partial charge >= 0.3 is 5.97 Å². The molecule has 6 nitrogen and oxygen atoms in total. The third-order valence-corrected chi connectivity index (χ3v) is 3.63. The predicted octanol–water partition coefficient (Wildman–Crippen LogP) is 0.811. The van der Waals surface area contributed by atoms with Gasteiger partial charge < -0.3 is 10.1 Å². The minimum atomic E-state index is -3.09. The summed E-state index contributed by atoms with van der Waals surface area (Å²) in [5.41, 5.74) is 1.04. The first kappa shape index (κ1) is 14.4. The van der Waals surface area contributed by atoms with Crippen LogP contribution in [0.15, 0.2) is 0 Å². The number of aromatic nitrogens is 1. The third kappa shape index (κ3) is 3.43. The first-order chi connectivity index (χ1) is 8.26. The summed E-state index contributed by atoms with van der Waals surface area (Å²) >= 11 is 0. The molecule has 2 N–H and O–H groups in total. The number of sulfone groups is 1. The van der Waals surface area contributed by atoms with Crippen LogP contribution in [-0.4, -0.2) is 42.8 Å². The lowest BCUT2D eigenvalue weighted by Gasteiger charge is -2.02. The number of aryl methyl sites for hydroxylation is 1. The lowest BCUT2D eigenvalue weighted by atomic mass is 10.0. The van der Waals surface area contributed by atoms with Gasteiger partial charge in [0, 0.05) is 11.9 Å². The smallest absolute Gasteiger partial charge is 0.337 e. The van der Waals surface area contributed by atoms with Gasteiger partial charge in [0.05, 0.1) is 17.0 Å². The molecule has 0 aliphatic rings. The fourth-order valence-corrected chi connectivity index (χ4v) is 2.53. The van der Waals surface area contributed by atoms with Crippen LogP contribution in [0, 0.1) is 6.92 Å². The van der Waals surface area contributed by atoms with E-state index in [9.17, 15) is 18.0 Å². The van der Waals surface area contributed by atoms with E-state index < -0.39 is 15.8 Å². The highest BCUT2D eigenvalue weighted by atomic mass is 32.2. The highest BCUT2D eigenvalue weighted by Crippen LogP contribution is 2.19. The molecule has 100 valence electrons. The van der Waals surface area contributed by atoms with Crippen molar-refractivity contribution in [3.8, 4) is 0 Å². The minimum Gasteiger partial charge on any atom is -0.478 e. The van der Waals surface area contributed by atoms with E-state index in [1.54, 1.807) is 6.92 Å². The quantitative estimate of drug-likeness (QED) is 0.746. The molecule has 0 atom stereocenters. The molecule has 7 heteroatoms. The summed E-state index contributed by atoms with van der Waals surface area (Å²) in [4.78, 5) is 24.6. The molecule has 1 aromatic rings. The van der Waals surface area contributed by atoms with Crippen molar-refractivity contribution in [2.75, 3.05) is 12.0 Å². The maximum absolute atomic E-state index is 11.1. The Kier molecular flexibility index (Phi) is 4.28. The van der Waals surface area contributed by atoms with Crippen LogP contribution >= 0.6 is 0 Å². The number of aldehydes is 1. The largest absolute Gasteiger partial charge is 0.478 e. The molecule has 0 saturated carbocycles. The number of hydrogen-bond donors (Lipinski definition) is 2. The van der Waals surface area contributed by atoms with Crippen molar-refractivity contribution >= 4 is 22.1 Å². The SMILES string of the molecule is Cc1[nH]c(C=O)c(CCCS(C)(=O)=O)c1C(=O)O. The van der Waals surface area contributed by atoms with Crippen LogP contribution in [0.4, 0.5) is 0 Å². The number of nitrogens with one attached hydrogen (secondary N) is 1. The molecular formula is C11H15NO5S. The summed E-state index contributed by atoms with van der Waals surface area (Å²) < 4.78 is 22.0. The molecule has 0 aliphatic heterocycles. The Morgan fingerprint density at radius 2 is 2.06 bits per heavy atom. The predicted molar refractivity (Wildman–Crippen MR) is 65.9 cm³/mol. The molecule has 0 amide bonds.